The molecule has 0 amide bonds. The fraction of sp³-hybridized carbons (Fsp3) is 0.500. The van der Waals surface area contributed by atoms with Crippen LogP contribution in [0.4, 0.5) is 0 Å². The van der Waals surface area contributed by atoms with Gasteiger partial charge in [-0.05, 0) is 48.1 Å². The van der Waals surface area contributed by atoms with Crippen LogP contribution in [0.1, 0.15) is 20.8 Å². The zero-order valence-electron chi connectivity index (χ0n) is 6.85. The highest BCUT2D eigenvalue weighted by Gasteiger charge is 2.14. The molecule has 0 fully saturated rings. The normalized spacial score (nSPS) is 11.6. The van der Waals surface area contributed by atoms with Crippen molar-refractivity contribution in [3.8, 4) is 5.06 Å². The van der Waals surface area contributed by atoms with Gasteiger partial charge in [-0.3, -0.25) is 0 Å². The highest BCUT2D eigenvalue weighted by Crippen LogP contribution is 2.33. The first-order chi connectivity index (χ1) is 4.99. The van der Waals surface area contributed by atoms with Crippen LogP contribution in [0.3, 0.4) is 0 Å². The molecule has 0 saturated carbocycles. The van der Waals surface area contributed by atoms with Crippen molar-refractivity contribution in [2.45, 2.75) is 26.4 Å². The van der Waals surface area contributed by atoms with Gasteiger partial charge in [-0.25, -0.2) is 0 Å². The molecule has 0 bridgehead atoms. The molecule has 11 heavy (non-hydrogen) atoms. The van der Waals surface area contributed by atoms with Crippen molar-refractivity contribution in [2.75, 3.05) is 0 Å². The second-order valence-electron chi connectivity index (χ2n) is 3.27. The lowest BCUT2D eigenvalue weighted by atomic mass is 10.2. The zero-order valence-corrected chi connectivity index (χ0v) is 9.25. The van der Waals surface area contributed by atoms with Gasteiger partial charge in [-0.1, -0.05) is 0 Å². The maximum absolute atomic E-state index is 5.64. The quantitative estimate of drug-likeness (QED) is 0.721. The van der Waals surface area contributed by atoms with Gasteiger partial charge in [0.2, 0.25) is 0 Å². The Morgan fingerprint density at radius 1 is 1.45 bits per heavy atom. The van der Waals surface area contributed by atoms with Crippen LogP contribution in [0.15, 0.2) is 15.9 Å². The summed E-state index contributed by atoms with van der Waals surface area (Å²) in [6.07, 6.45) is 0. The van der Waals surface area contributed by atoms with E-state index in [9.17, 15) is 0 Å². The minimum atomic E-state index is -0.104. The van der Waals surface area contributed by atoms with Crippen LogP contribution in [0, 0.1) is 0 Å². The van der Waals surface area contributed by atoms with E-state index in [1.807, 2.05) is 32.2 Å². The Hall–Kier alpha value is -0.0200. The van der Waals surface area contributed by atoms with Crippen LogP contribution in [-0.2, 0) is 0 Å². The number of rotatable bonds is 1. The van der Waals surface area contributed by atoms with Gasteiger partial charge in [0.25, 0.3) is 0 Å². The Morgan fingerprint density at radius 3 is 2.45 bits per heavy atom. The molecule has 1 aromatic rings. The van der Waals surface area contributed by atoms with Gasteiger partial charge >= 0.3 is 0 Å². The maximum atomic E-state index is 5.64. The van der Waals surface area contributed by atoms with Crippen molar-refractivity contribution in [1.82, 2.24) is 0 Å². The molecule has 0 aliphatic carbocycles. The van der Waals surface area contributed by atoms with Crippen molar-refractivity contribution >= 4 is 27.3 Å². The third kappa shape index (κ3) is 2.83. The van der Waals surface area contributed by atoms with Crippen molar-refractivity contribution in [3.63, 3.8) is 0 Å². The molecule has 0 spiro atoms. The summed E-state index contributed by atoms with van der Waals surface area (Å²) in [6.45, 7) is 6.12. The van der Waals surface area contributed by atoms with E-state index in [0.29, 0.717) is 0 Å². The topological polar surface area (TPSA) is 9.23 Å². The van der Waals surface area contributed by atoms with Gasteiger partial charge in [0.1, 0.15) is 5.60 Å². The molecule has 0 aliphatic rings. The number of thiophene rings is 1. The average molecular weight is 235 g/mol. The third-order valence-corrected chi connectivity index (χ3v) is 2.66. The standard InChI is InChI=1S/C8H11BrOS/c1-8(2,3)10-7-6(9)4-5-11-7/h4-5H,1-3H3. The van der Waals surface area contributed by atoms with E-state index in [4.69, 9.17) is 4.74 Å². The summed E-state index contributed by atoms with van der Waals surface area (Å²) >= 11 is 5.01. The van der Waals surface area contributed by atoms with Crippen LogP contribution >= 0.6 is 27.3 Å². The maximum Gasteiger partial charge on any atom is 0.188 e. The fourth-order valence-electron chi connectivity index (χ4n) is 0.631. The molecule has 0 atom stereocenters. The lowest BCUT2D eigenvalue weighted by molar-refractivity contribution is 0.135. The average Bonchev–Trinajstić information content (AvgIpc) is 2.12. The van der Waals surface area contributed by atoms with E-state index in [2.05, 4.69) is 15.9 Å². The number of hydrogen-bond acceptors (Lipinski definition) is 2. The van der Waals surface area contributed by atoms with Crippen LogP contribution in [0.25, 0.3) is 0 Å². The molecule has 1 aromatic heterocycles. The zero-order chi connectivity index (χ0) is 8.48. The van der Waals surface area contributed by atoms with E-state index < -0.39 is 0 Å². The van der Waals surface area contributed by atoms with Crippen molar-refractivity contribution < 1.29 is 4.74 Å². The van der Waals surface area contributed by atoms with Crippen molar-refractivity contribution in [1.29, 1.82) is 0 Å². The van der Waals surface area contributed by atoms with Crippen molar-refractivity contribution in [2.24, 2.45) is 0 Å². The van der Waals surface area contributed by atoms with Gasteiger partial charge in [-0.15, -0.1) is 11.3 Å². The van der Waals surface area contributed by atoms with Gasteiger partial charge < -0.3 is 4.74 Å². The summed E-state index contributed by atoms with van der Waals surface area (Å²) in [4.78, 5) is 0. The molecular formula is C8H11BrOS. The first-order valence-corrected chi connectivity index (χ1v) is 5.08. The summed E-state index contributed by atoms with van der Waals surface area (Å²) in [6, 6.07) is 1.99. The van der Waals surface area contributed by atoms with Crippen LogP contribution in [0.2, 0.25) is 0 Å². The summed E-state index contributed by atoms with van der Waals surface area (Å²) in [5, 5.41) is 2.96. The Balaban J connectivity index is 2.72. The van der Waals surface area contributed by atoms with Crippen LogP contribution in [0.5, 0.6) is 5.06 Å². The molecule has 0 aromatic carbocycles. The molecule has 1 heterocycles. The largest absolute Gasteiger partial charge is 0.477 e. The molecular weight excluding hydrogens is 224 g/mol. The molecule has 1 nitrogen and oxygen atoms in total. The smallest absolute Gasteiger partial charge is 0.188 e. The summed E-state index contributed by atoms with van der Waals surface area (Å²) in [7, 11) is 0. The Labute approximate surface area is 79.5 Å². The minimum absolute atomic E-state index is 0.104. The lowest BCUT2D eigenvalue weighted by Gasteiger charge is -2.19. The lowest BCUT2D eigenvalue weighted by Crippen LogP contribution is -2.22. The minimum Gasteiger partial charge on any atom is -0.477 e. The number of halogens is 1. The summed E-state index contributed by atoms with van der Waals surface area (Å²) in [5.74, 6) is 0. The molecule has 0 unspecified atom stereocenters. The first kappa shape index (κ1) is 9.07. The monoisotopic (exact) mass is 234 g/mol. The predicted octanol–water partition coefficient (Wildman–Crippen LogP) is 3.69. The van der Waals surface area contributed by atoms with E-state index in [1.54, 1.807) is 11.3 Å². The number of ether oxygens (including phenoxy) is 1. The van der Waals surface area contributed by atoms with Gasteiger partial charge in [0.05, 0.1) is 4.47 Å². The molecule has 0 radical (unpaired) electrons. The molecule has 1 rings (SSSR count). The predicted molar refractivity (Wildman–Crippen MR) is 52.4 cm³/mol. The molecule has 0 saturated heterocycles. The highest BCUT2D eigenvalue weighted by atomic mass is 79.9. The first-order valence-electron chi connectivity index (χ1n) is 3.41. The van der Waals surface area contributed by atoms with E-state index in [-0.39, 0.29) is 5.60 Å². The van der Waals surface area contributed by atoms with Crippen LogP contribution in [-0.4, -0.2) is 5.60 Å². The Bertz CT molecular complexity index is 236. The third-order valence-electron chi connectivity index (χ3n) is 0.983. The SMILES string of the molecule is CC(C)(C)Oc1sccc1Br. The van der Waals surface area contributed by atoms with Crippen molar-refractivity contribution in [3.05, 3.63) is 15.9 Å². The Kier molecular flexibility index (Phi) is 2.60. The fourth-order valence-corrected chi connectivity index (χ4v) is 2.11. The van der Waals surface area contributed by atoms with Crippen LogP contribution < -0.4 is 4.74 Å². The summed E-state index contributed by atoms with van der Waals surface area (Å²) in [5.41, 5.74) is -0.104. The molecule has 0 N–H and O–H groups in total. The summed E-state index contributed by atoms with van der Waals surface area (Å²) < 4.78 is 6.68. The van der Waals surface area contributed by atoms with E-state index in [1.165, 1.54) is 0 Å². The second kappa shape index (κ2) is 3.15. The van der Waals surface area contributed by atoms with E-state index >= 15 is 0 Å². The van der Waals surface area contributed by atoms with Gasteiger partial charge in [0, 0.05) is 0 Å². The van der Waals surface area contributed by atoms with Gasteiger partial charge in [0.15, 0.2) is 5.06 Å². The Morgan fingerprint density at radius 2 is 2.09 bits per heavy atom. The highest BCUT2D eigenvalue weighted by molar-refractivity contribution is 9.10. The van der Waals surface area contributed by atoms with Gasteiger partial charge in [-0.2, -0.15) is 0 Å². The number of hydrogen-bond donors (Lipinski definition) is 0. The van der Waals surface area contributed by atoms with E-state index in [0.717, 1.165) is 9.54 Å². The molecule has 0 aliphatic heterocycles. The second-order valence-corrected chi connectivity index (χ2v) is 5.00. The molecule has 3 heteroatoms. The molecule has 62 valence electrons.